The largest absolute Gasteiger partial charge is 0.274 e. The molecule has 0 aliphatic rings. The number of rotatable bonds is 2. The summed E-state index contributed by atoms with van der Waals surface area (Å²) in [5, 5.41) is 1.13. The van der Waals surface area contributed by atoms with E-state index in [0.717, 1.165) is 10.6 Å². The van der Waals surface area contributed by atoms with Crippen LogP contribution < -0.4 is 0 Å². The molecule has 1 aromatic rings. The molecule has 0 heterocycles. The van der Waals surface area contributed by atoms with Crippen LogP contribution in [0.5, 0.6) is 0 Å². The summed E-state index contributed by atoms with van der Waals surface area (Å²) in [6.45, 7) is 0. The van der Waals surface area contributed by atoms with E-state index in [-0.39, 0.29) is 5.91 Å². The second-order valence-corrected chi connectivity index (χ2v) is 2.99. The molecule has 1 rings (SSSR count). The number of carbonyl (C=O) groups is 1. The van der Waals surface area contributed by atoms with E-state index in [4.69, 9.17) is 4.84 Å². The smallest absolute Gasteiger partial charge is 0.270 e. The lowest BCUT2D eigenvalue weighted by Crippen LogP contribution is -2.22. The number of allylic oxidation sites excluding steroid dienone is 1. The number of hydrogen-bond donors (Lipinski definition) is 0. The van der Waals surface area contributed by atoms with Crippen LogP contribution in [0.4, 0.5) is 0 Å². The molecule has 3 nitrogen and oxygen atoms in total. The minimum atomic E-state index is -0.245. The molecule has 0 bridgehead atoms. The molecule has 0 unspecified atom stereocenters. The zero-order chi connectivity index (χ0) is 11.8. The van der Waals surface area contributed by atoms with E-state index in [1.165, 1.54) is 26.3 Å². The highest BCUT2D eigenvalue weighted by atomic mass is 16.7. The van der Waals surface area contributed by atoms with Crippen LogP contribution in [0.25, 0.3) is 0 Å². The Bertz CT molecular complexity index is 426. The van der Waals surface area contributed by atoms with Crippen molar-refractivity contribution < 1.29 is 9.63 Å². The molecule has 0 saturated carbocycles. The van der Waals surface area contributed by atoms with Crippen LogP contribution >= 0.6 is 0 Å². The van der Waals surface area contributed by atoms with Crippen LogP contribution in [0.15, 0.2) is 42.5 Å². The van der Waals surface area contributed by atoms with Crippen molar-refractivity contribution in [3.63, 3.8) is 0 Å². The summed E-state index contributed by atoms with van der Waals surface area (Å²) in [7, 11) is 2.97. The van der Waals surface area contributed by atoms with Crippen molar-refractivity contribution in [1.29, 1.82) is 0 Å². The summed E-state index contributed by atoms with van der Waals surface area (Å²) in [4.78, 5) is 15.9. The Morgan fingerprint density at radius 2 is 2.06 bits per heavy atom. The zero-order valence-electron chi connectivity index (χ0n) is 9.31. The van der Waals surface area contributed by atoms with Crippen LogP contribution in [-0.4, -0.2) is 25.1 Å². The molecule has 0 aromatic heterocycles. The normalized spacial score (nSPS) is 9.62. The van der Waals surface area contributed by atoms with Gasteiger partial charge in [0.1, 0.15) is 0 Å². The van der Waals surface area contributed by atoms with Gasteiger partial charge in [-0.3, -0.25) is 9.63 Å². The van der Waals surface area contributed by atoms with E-state index >= 15 is 0 Å². The fourth-order valence-electron chi connectivity index (χ4n) is 0.954. The maximum atomic E-state index is 11.2. The number of carbonyl (C=O) groups excluding carboxylic acids is 1. The number of hydrogen-bond acceptors (Lipinski definition) is 2. The lowest BCUT2D eigenvalue weighted by atomic mass is 10.2. The van der Waals surface area contributed by atoms with Crippen molar-refractivity contribution >= 4 is 5.91 Å². The lowest BCUT2D eigenvalue weighted by Gasteiger charge is -2.09. The van der Waals surface area contributed by atoms with Gasteiger partial charge in [0, 0.05) is 18.7 Å². The fraction of sp³-hybridized carbons (Fsp3) is 0.154. The quantitative estimate of drug-likeness (QED) is 0.426. The predicted octanol–water partition coefficient (Wildman–Crippen LogP) is 1.61. The summed E-state index contributed by atoms with van der Waals surface area (Å²) in [5.74, 6) is 5.44. The Hall–Kier alpha value is -2.05. The topological polar surface area (TPSA) is 29.5 Å². The molecule has 0 aliphatic carbocycles. The Labute approximate surface area is 95.3 Å². The van der Waals surface area contributed by atoms with Crippen molar-refractivity contribution in [2.24, 2.45) is 0 Å². The summed E-state index contributed by atoms with van der Waals surface area (Å²) in [6.07, 6.45) is 2.87. The Kier molecular flexibility index (Phi) is 4.84. The first-order valence-corrected chi connectivity index (χ1v) is 4.79. The van der Waals surface area contributed by atoms with E-state index in [9.17, 15) is 4.79 Å². The molecule has 0 saturated heterocycles. The van der Waals surface area contributed by atoms with Gasteiger partial charge in [0.25, 0.3) is 5.91 Å². The lowest BCUT2D eigenvalue weighted by molar-refractivity contribution is -0.162. The first-order valence-electron chi connectivity index (χ1n) is 4.79. The van der Waals surface area contributed by atoms with Gasteiger partial charge < -0.3 is 0 Å². The fourth-order valence-corrected chi connectivity index (χ4v) is 0.954. The predicted molar refractivity (Wildman–Crippen MR) is 62.2 cm³/mol. The molecule has 0 fully saturated rings. The Morgan fingerprint density at radius 1 is 1.38 bits per heavy atom. The third-order valence-electron chi connectivity index (χ3n) is 1.88. The summed E-state index contributed by atoms with van der Waals surface area (Å²) >= 11 is 0. The Morgan fingerprint density at radius 3 is 2.69 bits per heavy atom. The minimum absolute atomic E-state index is 0.245. The van der Waals surface area contributed by atoms with Crippen LogP contribution in [0.1, 0.15) is 5.56 Å². The highest BCUT2D eigenvalue weighted by Gasteiger charge is 2.00. The second-order valence-electron chi connectivity index (χ2n) is 2.99. The van der Waals surface area contributed by atoms with Crippen molar-refractivity contribution in [3.05, 3.63) is 48.0 Å². The van der Waals surface area contributed by atoms with Gasteiger partial charge in [0.2, 0.25) is 0 Å². The Balaban J connectivity index is 2.55. The van der Waals surface area contributed by atoms with Crippen molar-refractivity contribution in [2.45, 2.75) is 0 Å². The number of hydroxylamine groups is 2. The highest BCUT2D eigenvalue weighted by Crippen LogP contribution is 1.94. The van der Waals surface area contributed by atoms with Crippen molar-refractivity contribution in [2.75, 3.05) is 14.2 Å². The third-order valence-corrected chi connectivity index (χ3v) is 1.88. The number of likely N-dealkylation sites (N-methyl/N-ethyl adjacent to an activating group) is 1. The molecule has 0 aliphatic heterocycles. The monoisotopic (exact) mass is 215 g/mol. The summed E-state index contributed by atoms with van der Waals surface area (Å²) in [6, 6.07) is 9.57. The number of benzene rings is 1. The first-order chi connectivity index (χ1) is 7.74. The average molecular weight is 215 g/mol. The molecule has 16 heavy (non-hydrogen) atoms. The maximum absolute atomic E-state index is 11.2. The maximum Gasteiger partial charge on any atom is 0.270 e. The van der Waals surface area contributed by atoms with Gasteiger partial charge in [0.05, 0.1) is 7.11 Å². The summed E-state index contributed by atoms with van der Waals surface area (Å²) in [5.41, 5.74) is 0.916. The standard InChI is InChI=1S/C13H13NO2/c1-14(16-2)13(15)11-7-6-10-12-8-4-3-5-9-12/h3-5,7-9,11H,1-2H3/b11-7+. The molecule has 3 heteroatoms. The molecular weight excluding hydrogens is 202 g/mol. The van der Waals surface area contributed by atoms with E-state index < -0.39 is 0 Å². The minimum Gasteiger partial charge on any atom is -0.274 e. The molecule has 1 amide bonds. The zero-order valence-corrected chi connectivity index (χ0v) is 9.31. The molecule has 0 spiro atoms. The van der Waals surface area contributed by atoms with Gasteiger partial charge in [0.15, 0.2) is 0 Å². The van der Waals surface area contributed by atoms with Gasteiger partial charge in [-0.25, -0.2) is 5.06 Å². The highest BCUT2D eigenvalue weighted by molar-refractivity contribution is 5.87. The van der Waals surface area contributed by atoms with Gasteiger partial charge in [-0.2, -0.15) is 0 Å². The molecule has 82 valence electrons. The first kappa shape index (κ1) is 12.0. The second kappa shape index (κ2) is 6.44. The number of amides is 1. The van der Waals surface area contributed by atoms with Crippen molar-refractivity contribution in [3.8, 4) is 11.8 Å². The van der Waals surface area contributed by atoms with Crippen LogP contribution in [0, 0.1) is 11.8 Å². The van der Waals surface area contributed by atoms with E-state index in [0.29, 0.717) is 0 Å². The van der Waals surface area contributed by atoms with Crippen LogP contribution in [0.2, 0.25) is 0 Å². The molecular formula is C13H13NO2. The van der Waals surface area contributed by atoms with Crippen LogP contribution in [-0.2, 0) is 9.63 Å². The molecule has 0 atom stereocenters. The van der Waals surface area contributed by atoms with Crippen LogP contribution in [0.3, 0.4) is 0 Å². The molecule has 0 N–H and O–H groups in total. The van der Waals surface area contributed by atoms with Gasteiger partial charge in [-0.15, -0.1) is 0 Å². The van der Waals surface area contributed by atoms with Gasteiger partial charge in [-0.05, 0) is 18.2 Å². The average Bonchev–Trinajstić information content (AvgIpc) is 2.34. The van der Waals surface area contributed by atoms with E-state index in [1.807, 2.05) is 30.3 Å². The summed E-state index contributed by atoms with van der Waals surface area (Å²) < 4.78 is 0. The molecule has 1 aromatic carbocycles. The molecule has 0 radical (unpaired) electrons. The van der Waals surface area contributed by atoms with Gasteiger partial charge in [-0.1, -0.05) is 30.0 Å². The SMILES string of the molecule is CON(C)C(=O)/C=C/C#Cc1ccccc1. The number of nitrogens with zero attached hydrogens (tertiary/aromatic N) is 1. The van der Waals surface area contributed by atoms with Crippen molar-refractivity contribution in [1.82, 2.24) is 5.06 Å². The van der Waals surface area contributed by atoms with E-state index in [2.05, 4.69) is 11.8 Å². The van der Waals surface area contributed by atoms with Gasteiger partial charge >= 0.3 is 0 Å². The third kappa shape index (κ3) is 3.99. The van der Waals surface area contributed by atoms with E-state index in [1.54, 1.807) is 0 Å².